The Morgan fingerprint density at radius 3 is 2.67 bits per heavy atom. The highest BCUT2D eigenvalue weighted by Gasteiger charge is 2.06. The van der Waals surface area contributed by atoms with Crippen LogP contribution in [0.25, 0.3) is 0 Å². The summed E-state index contributed by atoms with van der Waals surface area (Å²) in [4.78, 5) is 2.40. The Morgan fingerprint density at radius 1 is 1.17 bits per heavy atom. The maximum absolute atomic E-state index is 6.00. The van der Waals surface area contributed by atoms with Gasteiger partial charge in [0.25, 0.3) is 0 Å². The molecule has 0 amide bonds. The lowest BCUT2D eigenvalue weighted by atomic mass is 10.1. The molecule has 0 bridgehead atoms. The maximum atomic E-state index is 6.00. The summed E-state index contributed by atoms with van der Waals surface area (Å²) in [5.74, 6) is 0. The molecule has 0 radical (unpaired) electrons. The molecular formula is C15H16ClNS. The average molecular weight is 278 g/mol. The van der Waals surface area contributed by atoms with Crippen molar-refractivity contribution in [2.24, 2.45) is 5.73 Å². The monoisotopic (exact) mass is 277 g/mol. The van der Waals surface area contributed by atoms with E-state index in [0.29, 0.717) is 0 Å². The Balaban J connectivity index is 2.23. The van der Waals surface area contributed by atoms with E-state index in [-0.39, 0.29) is 6.04 Å². The standard InChI is InChI=1S/C15H16ClNS/c1-11(17)9-12-5-2-3-8-15(12)18-14-7-4-6-13(16)10-14/h2-8,10-11H,9,17H2,1H3. The average Bonchev–Trinajstić information content (AvgIpc) is 2.31. The fourth-order valence-corrected chi connectivity index (χ4v) is 3.05. The van der Waals surface area contributed by atoms with Crippen molar-refractivity contribution >= 4 is 23.4 Å². The van der Waals surface area contributed by atoms with Crippen LogP contribution < -0.4 is 5.73 Å². The molecule has 2 aromatic rings. The predicted octanol–water partition coefficient (Wildman–Crippen LogP) is 4.38. The van der Waals surface area contributed by atoms with Crippen molar-refractivity contribution in [2.75, 3.05) is 0 Å². The van der Waals surface area contributed by atoms with Crippen LogP contribution in [0, 0.1) is 0 Å². The predicted molar refractivity (Wildman–Crippen MR) is 79.4 cm³/mol. The van der Waals surface area contributed by atoms with E-state index >= 15 is 0 Å². The Labute approximate surface area is 117 Å². The summed E-state index contributed by atoms with van der Waals surface area (Å²) < 4.78 is 0. The van der Waals surface area contributed by atoms with E-state index in [9.17, 15) is 0 Å². The summed E-state index contributed by atoms with van der Waals surface area (Å²) >= 11 is 7.73. The van der Waals surface area contributed by atoms with Gasteiger partial charge in [-0.25, -0.2) is 0 Å². The van der Waals surface area contributed by atoms with Gasteiger partial charge in [-0.3, -0.25) is 0 Å². The van der Waals surface area contributed by atoms with Crippen molar-refractivity contribution in [3.63, 3.8) is 0 Å². The Hall–Kier alpha value is -0.960. The third-order valence-electron chi connectivity index (χ3n) is 2.54. The first-order valence-corrected chi connectivity index (χ1v) is 7.11. The molecule has 0 saturated heterocycles. The molecule has 3 heteroatoms. The third-order valence-corrected chi connectivity index (χ3v) is 3.88. The molecule has 2 N–H and O–H groups in total. The second kappa shape index (κ2) is 6.28. The largest absolute Gasteiger partial charge is 0.328 e. The molecular weight excluding hydrogens is 262 g/mol. The van der Waals surface area contributed by atoms with Crippen molar-refractivity contribution in [3.05, 3.63) is 59.1 Å². The first-order chi connectivity index (χ1) is 8.65. The van der Waals surface area contributed by atoms with Gasteiger partial charge >= 0.3 is 0 Å². The second-order valence-corrected chi connectivity index (χ2v) is 5.90. The van der Waals surface area contributed by atoms with Gasteiger partial charge in [0.15, 0.2) is 0 Å². The molecule has 2 rings (SSSR count). The molecule has 0 aromatic heterocycles. The number of rotatable bonds is 4. The van der Waals surface area contributed by atoms with Gasteiger partial charge in [-0.2, -0.15) is 0 Å². The minimum atomic E-state index is 0.172. The number of hydrogen-bond acceptors (Lipinski definition) is 2. The van der Waals surface area contributed by atoms with E-state index in [1.165, 1.54) is 10.5 Å². The van der Waals surface area contributed by atoms with Crippen molar-refractivity contribution in [3.8, 4) is 0 Å². The van der Waals surface area contributed by atoms with Gasteiger partial charge in [-0.15, -0.1) is 0 Å². The summed E-state index contributed by atoms with van der Waals surface area (Å²) in [6, 6.07) is 16.5. The zero-order valence-corrected chi connectivity index (χ0v) is 11.8. The summed E-state index contributed by atoms with van der Waals surface area (Å²) in [7, 11) is 0. The highest BCUT2D eigenvalue weighted by atomic mass is 35.5. The van der Waals surface area contributed by atoms with E-state index in [2.05, 4.69) is 30.3 Å². The quantitative estimate of drug-likeness (QED) is 0.897. The topological polar surface area (TPSA) is 26.0 Å². The van der Waals surface area contributed by atoms with Gasteiger partial charge in [0.05, 0.1) is 0 Å². The van der Waals surface area contributed by atoms with Crippen LogP contribution in [-0.4, -0.2) is 6.04 Å². The van der Waals surface area contributed by atoms with Gasteiger partial charge < -0.3 is 5.73 Å². The van der Waals surface area contributed by atoms with E-state index in [1.54, 1.807) is 11.8 Å². The van der Waals surface area contributed by atoms with Crippen LogP contribution in [0.2, 0.25) is 5.02 Å². The van der Waals surface area contributed by atoms with Gasteiger partial charge in [0.2, 0.25) is 0 Å². The molecule has 0 aliphatic carbocycles. The molecule has 0 heterocycles. The summed E-state index contributed by atoms with van der Waals surface area (Å²) in [5, 5.41) is 0.768. The van der Waals surface area contributed by atoms with Crippen molar-refractivity contribution in [1.82, 2.24) is 0 Å². The number of hydrogen-bond donors (Lipinski definition) is 1. The van der Waals surface area contributed by atoms with E-state index in [1.807, 2.05) is 25.1 Å². The summed E-state index contributed by atoms with van der Waals surface area (Å²) in [5.41, 5.74) is 7.17. The molecule has 0 fully saturated rings. The molecule has 1 nitrogen and oxygen atoms in total. The lowest BCUT2D eigenvalue weighted by molar-refractivity contribution is 0.729. The van der Waals surface area contributed by atoms with Crippen LogP contribution in [0.15, 0.2) is 58.3 Å². The van der Waals surface area contributed by atoms with Crippen molar-refractivity contribution in [2.45, 2.75) is 29.2 Å². The van der Waals surface area contributed by atoms with Crippen molar-refractivity contribution < 1.29 is 0 Å². The van der Waals surface area contributed by atoms with Gasteiger partial charge in [0, 0.05) is 20.9 Å². The number of benzene rings is 2. The molecule has 0 saturated carbocycles. The smallest absolute Gasteiger partial charge is 0.0417 e. The number of halogens is 1. The molecule has 94 valence electrons. The van der Waals surface area contributed by atoms with Gasteiger partial charge in [-0.05, 0) is 43.2 Å². The Morgan fingerprint density at radius 2 is 1.94 bits per heavy atom. The lowest BCUT2D eigenvalue weighted by Gasteiger charge is -2.11. The third kappa shape index (κ3) is 3.77. The van der Waals surface area contributed by atoms with E-state index in [4.69, 9.17) is 17.3 Å². The van der Waals surface area contributed by atoms with Crippen molar-refractivity contribution in [1.29, 1.82) is 0 Å². The second-order valence-electron chi connectivity index (χ2n) is 4.35. The first kappa shape index (κ1) is 13.5. The molecule has 2 aromatic carbocycles. The fraction of sp³-hybridized carbons (Fsp3) is 0.200. The Bertz CT molecular complexity index is 525. The molecule has 1 unspecified atom stereocenters. The van der Waals surface area contributed by atoms with Crippen LogP contribution in [0.4, 0.5) is 0 Å². The summed E-state index contributed by atoms with van der Waals surface area (Å²) in [6.45, 7) is 2.03. The van der Waals surface area contributed by atoms with Crippen LogP contribution in [0.1, 0.15) is 12.5 Å². The minimum absolute atomic E-state index is 0.172. The minimum Gasteiger partial charge on any atom is -0.328 e. The maximum Gasteiger partial charge on any atom is 0.0417 e. The normalized spacial score (nSPS) is 12.4. The summed E-state index contributed by atoms with van der Waals surface area (Å²) in [6.07, 6.45) is 0.893. The van der Waals surface area contributed by atoms with Crippen LogP contribution in [0.5, 0.6) is 0 Å². The number of nitrogens with two attached hydrogens (primary N) is 1. The highest BCUT2D eigenvalue weighted by molar-refractivity contribution is 7.99. The zero-order chi connectivity index (χ0) is 13.0. The van der Waals surface area contributed by atoms with E-state index < -0.39 is 0 Å². The molecule has 0 aliphatic rings. The van der Waals surface area contributed by atoms with E-state index in [0.717, 1.165) is 16.3 Å². The lowest BCUT2D eigenvalue weighted by Crippen LogP contribution is -2.18. The fourth-order valence-electron chi connectivity index (χ4n) is 1.78. The van der Waals surface area contributed by atoms with Gasteiger partial charge in [-0.1, -0.05) is 47.6 Å². The molecule has 1 atom stereocenters. The first-order valence-electron chi connectivity index (χ1n) is 5.92. The van der Waals surface area contributed by atoms with Crippen LogP contribution >= 0.6 is 23.4 Å². The molecule has 0 aliphatic heterocycles. The van der Waals surface area contributed by atoms with Crippen LogP contribution in [-0.2, 0) is 6.42 Å². The van der Waals surface area contributed by atoms with Gasteiger partial charge in [0.1, 0.15) is 0 Å². The SMILES string of the molecule is CC(N)Cc1ccccc1Sc1cccc(Cl)c1. The zero-order valence-electron chi connectivity index (χ0n) is 10.3. The molecule has 18 heavy (non-hydrogen) atoms. The molecule has 0 spiro atoms. The highest BCUT2D eigenvalue weighted by Crippen LogP contribution is 2.32. The van der Waals surface area contributed by atoms with Crippen LogP contribution in [0.3, 0.4) is 0 Å². The Kier molecular flexibility index (Phi) is 4.70.